The van der Waals surface area contributed by atoms with E-state index >= 15 is 4.39 Å². The van der Waals surface area contributed by atoms with Gasteiger partial charge in [0, 0.05) is 31.8 Å². The Hall–Kier alpha value is -2.66. The first-order valence-electron chi connectivity index (χ1n) is 11.3. The summed E-state index contributed by atoms with van der Waals surface area (Å²) in [6.07, 6.45) is -5.87. The summed E-state index contributed by atoms with van der Waals surface area (Å²) >= 11 is 5.96. The maximum Gasteiger partial charge on any atom is 0.391 e. The Balaban J connectivity index is 1.90. The van der Waals surface area contributed by atoms with E-state index in [-0.39, 0.29) is 43.1 Å². The van der Waals surface area contributed by atoms with Gasteiger partial charge in [-0.05, 0) is 49.8 Å². The summed E-state index contributed by atoms with van der Waals surface area (Å²) in [6.45, 7) is -0.283. The smallest absolute Gasteiger partial charge is 0.391 e. The summed E-state index contributed by atoms with van der Waals surface area (Å²) in [4.78, 5) is 30.5. The number of hydrogen-bond acceptors (Lipinski definition) is 4. The number of aromatic nitrogens is 4. The van der Waals surface area contributed by atoms with Gasteiger partial charge in [0.1, 0.15) is 5.82 Å². The van der Waals surface area contributed by atoms with Crippen molar-refractivity contribution in [3.8, 4) is 0 Å². The van der Waals surface area contributed by atoms with Crippen LogP contribution in [0.4, 0.5) is 17.6 Å². The first kappa shape index (κ1) is 25.4. The van der Waals surface area contributed by atoms with Crippen LogP contribution in [0.5, 0.6) is 0 Å². The average Bonchev–Trinajstić information content (AvgIpc) is 3.19. The second-order valence-corrected chi connectivity index (χ2v) is 9.41. The summed E-state index contributed by atoms with van der Waals surface area (Å²) in [5.74, 6) is -1.77. The minimum absolute atomic E-state index is 0.00478. The number of imidazole rings is 1. The van der Waals surface area contributed by atoms with Gasteiger partial charge < -0.3 is 9.67 Å². The van der Waals surface area contributed by atoms with Crippen LogP contribution in [0.25, 0.3) is 11.2 Å². The molecule has 0 saturated heterocycles. The molecule has 0 amide bonds. The fourth-order valence-corrected chi connectivity index (χ4v) is 4.82. The maximum atomic E-state index is 16.3. The van der Waals surface area contributed by atoms with E-state index in [4.69, 9.17) is 16.7 Å². The number of nitrogens with zero attached hydrogens (tertiary/aromatic N) is 4. The number of alkyl halides is 4. The fraction of sp³-hybridized carbons (Fsp3) is 0.522. The molecule has 2 aromatic heterocycles. The zero-order valence-corrected chi connectivity index (χ0v) is 19.7. The van der Waals surface area contributed by atoms with Crippen molar-refractivity contribution in [3.05, 3.63) is 61.5 Å². The SMILES string of the molecule is Cn1c(=O)n(CCCO)c(=O)c2c1nc(C1(F)CCC(C(F)(F)F)CC1)n2Cc1ccc(Cl)cc1. The van der Waals surface area contributed by atoms with E-state index in [1.165, 1.54) is 11.6 Å². The minimum atomic E-state index is -4.41. The molecule has 4 rings (SSSR count). The number of fused-ring (bicyclic) bond motifs is 1. The topological polar surface area (TPSA) is 82.0 Å². The summed E-state index contributed by atoms with van der Waals surface area (Å²) in [6, 6.07) is 6.64. The van der Waals surface area contributed by atoms with Crippen LogP contribution in [-0.2, 0) is 25.8 Å². The second-order valence-electron chi connectivity index (χ2n) is 8.98. The third-order valence-electron chi connectivity index (χ3n) is 6.67. The van der Waals surface area contributed by atoms with Gasteiger partial charge in [0.15, 0.2) is 16.8 Å². The molecule has 12 heteroatoms. The highest BCUT2D eigenvalue weighted by molar-refractivity contribution is 6.30. The number of aliphatic hydroxyl groups excluding tert-OH is 1. The normalized spacial score (nSPS) is 21.1. The molecule has 1 N–H and O–H groups in total. The van der Waals surface area contributed by atoms with Crippen LogP contribution in [0.15, 0.2) is 33.9 Å². The van der Waals surface area contributed by atoms with Crippen molar-refractivity contribution in [2.75, 3.05) is 6.61 Å². The number of rotatable bonds is 6. The van der Waals surface area contributed by atoms with Crippen molar-refractivity contribution in [2.45, 2.75) is 57.0 Å². The van der Waals surface area contributed by atoms with Crippen LogP contribution >= 0.6 is 11.6 Å². The van der Waals surface area contributed by atoms with Gasteiger partial charge in [0.2, 0.25) is 0 Å². The molecule has 0 spiro atoms. The molecule has 2 heterocycles. The highest BCUT2D eigenvalue weighted by Crippen LogP contribution is 2.47. The Morgan fingerprint density at radius 2 is 1.77 bits per heavy atom. The Labute approximate surface area is 202 Å². The monoisotopic (exact) mass is 516 g/mol. The van der Waals surface area contributed by atoms with Crippen LogP contribution in [0.2, 0.25) is 5.02 Å². The largest absolute Gasteiger partial charge is 0.396 e. The van der Waals surface area contributed by atoms with Gasteiger partial charge in [-0.1, -0.05) is 23.7 Å². The molecule has 1 aromatic carbocycles. The molecule has 0 aliphatic heterocycles. The number of halogens is 5. The first-order chi connectivity index (χ1) is 16.5. The first-order valence-corrected chi connectivity index (χ1v) is 11.7. The van der Waals surface area contributed by atoms with Crippen molar-refractivity contribution in [3.63, 3.8) is 0 Å². The van der Waals surface area contributed by atoms with Crippen molar-refractivity contribution in [2.24, 2.45) is 13.0 Å². The molecule has 0 unspecified atom stereocenters. The second kappa shape index (κ2) is 9.42. The zero-order valence-electron chi connectivity index (χ0n) is 19.0. The molecule has 190 valence electrons. The van der Waals surface area contributed by atoms with Crippen molar-refractivity contribution in [1.82, 2.24) is 18.7 Å². The van der Waals surface area contributed by atoms with Gasteiger partial charge in [-0.25, -0.2) is 14.2 Å². The Morgan fingerprint density at radius 1 is 1.14 bits per heavy atom. The Bertz CT molecular complexity index is 1340. The van der Waals surface area contributed by atoms with Crippen molar-refractivity contribution in [1.29, 1.82) is 0 Å². The average molecular weight is 517 g/mol. The lowest BCUT2D eigenvalue weighted by molar-refractivity contribution is -0.189. The van der Waals surface area contributed by atoms with E-state index in [1.54, 1.807) is 24.3 Å². The van der Waals surface area contributed by atoms with Gasteiger partial charge >= 0.3 is 11.9 Å². The number of aryl methyl sites for hydroxylation is 1. The lowest BCUT2D eigenvalue weighted by atomic mass is 9.79. The third kappa shape index (κ3) is 4.75. The Morgan fingerprint density at radius 3 is 2.34 bits per heavy atom. The van der Waals surface area contributed by atoms with Gasteiger partial charge in [0.05, 0.1) is 5.92 Å². The molecule has 7 nitrogen and oxygen atoms in total. The van der Waals surface area contributed by atoms with E-state index in [0.29, 0.717) is 10.6 Å². The summed E-state index contributed by atoms with van der Waals surface area (Å²) < 4.78 is 59.4. The zero-order chi connectivity index (χ0) is 25.5. The summed E-state index contributed by atoms with van der Waals surface area (Å²) in [7, 11) is 1.40. The third-order valence-corrected chi connectivity index (χ3v) is 6.92. The van der Waals surface area contributed by atoms with Crippen molar-refractivity contribution >= 4 is 22.8 Å². The molecule has 1 saturated carbocycles. The molecule has 1 aliphatic rings. The van der Waals surface area contributed by atoms with E-state index < -0.39 is 54.7 Å². The number of aliphatic hydroxyl groups is 1. The van der Waals surface area contributed by atoms with Gasteiger partial charge in [-0.3, -0.25) is 13.9 Å². The van der Waals surface area contributed by atoms with Crippen LogP contribution in [0.3, 0.4) is 0 Å². The molecule has 1 fully saturated rings. The van der Waals surface area contributed by atoms with Crippen LogP contribution < -0.4 is 11.2 Å². The predicted octanol–water partition coefficient (Wildman–Crippen LogP) is 3.90. The Kier molecular flexibility index (Phi) is 6.85. The highest BCUT2D eigenvalue weighted by atomic mass is 35.5. The van der Waals surface area contributed by atoms with E-state index in [0.717, 1.165) is 9.13 Å². The van der Waals surface area contributed by atoms with E-state index in [2.05, 4.69) is 4.98 Å². The number of hydrogen-bond donors (Lipinski definition) is 1. The molecule has 35 heavy (non-hydrogen) atoms. The molecule has 0 radical (unpaired) electrons. The van der Waals surface area contributed by atoms with Crippen LogP contribution in [0.1, 0.15) is 43.5 Å². The summed E-state index contributed by atoms with van der Waals surface area (Å²) in [5, 5.41) is 9.65. The van der Waals surface area contributed by atoms with E-state index in [9.17, 15) is 22.8 Å². The minimum Gasteiger partial charge on any atom is -0.396 e. The van der Waals surface area contributed by atoms with Gasteiger partial charge in [-0.2, -0.15) is 13.2 Å². The van der Waals surface area contributed by atoms with Crippen LogP contribution in [-0.4, -0.2) is 36.6 Å². The van der Waals surface area contributed by atoms with Gasteiger partial charge in [-0.15, -0.1) is 0 Å². The van der Waals surface area contributed by atoms with Crippen LogP contribution in [0, 0.1) is 5.92 Å². The quantitative estimate of drug-likeness (QED) is 0.504. The lowest BCUT2D eigenvalue weighted by Gasteiger charge is -2.34. The lowest BCUT2D eigenvalue weighted by Crippen LogP contribution is -2.40. The van der Waals surface area contributed by atoms with Gasteiger partial charge in [0.25, 0.3) is 5.56 Å². The van der Waals surface area contributed by atoms with E-state index in [1.807, 2.05) is 0 Å². The molecular weight excluding hydrogens is 492 g/mol. The van der Waals surface area contributed by atoms with Crippen molar-refractivity contribution < 1.29 is 22.7 Å². The number of benzene rings is 1. The standard InChI is InChI=1S/C23H25ClF4N4O3/c1-30-18-17(19(34)31(21(30)35)11-2-12-33)32(13-14-3-5-16(24)6-4-14)20(29-18)22(25)9-7-15(8-10-22)23(26,27)28/h3-6,15,33H,2,7-13H2,1H3. The highest BCUT2D eigenvalue weighted by Gasteiger charge is 2.49. The maximum absolute atomic E-state index is 16.3. The molecule has 3 aromatic rings. The molecule has 0 bridgehead atoms. The summed E-state index contributed by atoms with van der Waals surface area (Å²) in [5.41, 5.74) is -2.97. The predicted molar refractivity (Wildman–Crippen MR) is 122 cm³/mol. The molecule has 1 aliphatic carbocycles. The molecular formula is C23H25ClF4N4O3. The fourth-order valence-electron chi connectivity index (χ4n) is 4.69. The molecule has 0 atom stereocenters.